The smallest absolute Gasteiger partial charge is 0.306 e. The molecule has 0 aliphatic rings. The van der Waals surface area contributed by atoms with E-state index < -0.39 is 6.10 Å². The summed E-state index contributed by atoms with van der Waals surface area (Å²) in [7, 11) is 0. The van der Waals surface area contributed by atoms with Gasteiger partial charge in [-0.15, -0.1) is 0 Å². The van der Waals surface area contributed by atoms with Crippen LogP contribution in [0.4, 0.5) is 0 Å². The number of rotatable bonds is 65. The van der Waals surface area contributed by atoms with Gasteiger partial charge < -0.3 is 14.2 Å². The Morgan fingerprint density at radius 1 is 0.259 bits per heavy atom. The van der Waals surface area contributed by atoms with Crippen molar-refractivity contribution in [2.75, 3.05) is 13.2 Å². The van der Waals surface area contributed by atoms with Gasteiger partial charge in [0, 0.05) is 19.3 Å². The first kappa shape index (κ1) is 77.9. The van der Waals surface area contributed by atoms with Gasteiger partial charge in [-0.05, 0) is 109 Å². The zero-order chi connectivity index (χ0) is 58.5. The van der Waals surface area contributed by atoms with Gasteiger partial charge in [0.25, 0.3) is 0 Å². The molecule has 0 fully saturated rings. The Kier molecular flexibility index (Phi) is 66.6. The molecule has 6 heteroatoms. The van der Waals surface area contributed by atoms with Gasteiger partial charge in [-0.25, -0.2) is 0 Å². The molecule has 6 nitrogen and oxygen atoms in total. The molecule has 0 aromatic heterocycles. The lowest BCUT2D eigenvalue weighted by molar-refractivity contribution is -0.167. The lowest BCUT2D eigenvalue weighted by Crippen LogP contribution is -2.30. The van der Waals surface area contributed by atoms with Crippen molar-refractivity contribution in [3.63, 3.8) is 0 Å². The van der Waals surface area contributed by atoms with Crippen molar-refractivity contribution in [2.45, 2.75) is 374 Å². The molecule has 0 aliphatic heterocycles. The third kappa shape index (κ3) is 67.5. The molecular weight excluding hydrogens is 997 g/mol. The second kappa shape index (κ2) is 69.3. The molecule has 0 radical (unpaired) electrons. The highest BCUT2D eigenvalue weighted by molar-refractivity contribution is 5.71. The Balaban J connectivity index is 4.23. The molecule has 0 aliphatic carbocycles. The summed E-state index contributed by atoms with van der Waals surface area (Å²) in [5.74, 6) is -0.865. The highest BCUT2D eigenvalue weighted by Gasteiger charge is 2.19. The lowest BCUT2D eigenvalue weighted by Gasteiger charge is -2.18. The van der Waals surface area contributed by atoms with Gasteiger partial charge in [-0.1, -0.05) is 312 Å². The van der Waals surface area contributed by atoms with Gasteiger partial charge in [0.15, 0.2) is 6.10 Å². The molecule has 470 valence electrons. The number of hydrogen-bond donors (Lipinski definition) is 0. The molecule has 0 saturated heterocycles. The Morgan fingerprint density at radius 3 is 0.778 bits per heavy atom. The van der Waals surface area contributed by atoms with Gasteiger partial charge in [-0.3, -0.25) is 14.4 Å². The maximum atomic E-state index is 12.9. The normalized spacial score (nSPS) is 12.5. The first-order valence-electron chi connectivity index (χ1n) is 35.4. The van der Waals surface area contributed by atoms with Crippen LogP contribution in [0, 0.1) is 0 Å². The minimum Gasteiger partial charge on any atom is -0.462 e. The molecule has 0 bridgehead atoms. The van der Waals surface area contributed by atoms with Crippen LogP contribution in [0.5, 0.6) is 0 Å². The summed E-state index contributed by atoms with van der Waals surface area (Å²) in [6, 6.07) is 0. The Morgan fingerprint density at radius 2 is 0.481 bits per heavy atom. The topological polar surface area (TPSA) is 78.9 Å². The Labute approximate surface area is 503 Å². The van der Waals surface area contributed by atoms with Crippen LogP contribution in [-0.2, 0) is 28.6 Å². The van der Waals surface area contributed by atoms with E-state index in [1.54, 1.807) is 0 Å². The number of unbranched alkanes of at least 4 members (excludes halogenated alkanes) is 42. The fourth-order valence-corrected chi connectivity index (χ4v) is 10.4. The maximum Gasteiger partial charge on any atom is 0.306 e. The quantitative estimate of drug-likeness (QED) is 0.0261. The maximum absolute atomic E-state index is 12.9. The van der Waals surface area contributed by atoms with E-state index in [9.17, 15) is 14.4 Å². The Bertz CT molecular complexity index is 1490. The van der Waals surface area contributed by atoms with Crippen LogP contribution in [-0.4, -0.2) is 37.2 Å². The second-order valence-corrected chi connectivity index (χ2v) is 23.8. The third-order valence-electron chi connectivity index (χ3n) is 15.7. The van der Waals surface area contributed by atoms with Gasteiger partial charge in [0.1, 0.15) is 13.2 Å². The van der Waals surface area contributed by atoms with E-state index in [0.29, 0.717) is 19.3 Å². The van der Waals surface area contributed by atoms with Crippen LogP contribution in [0.3, 0.4) is 0 Å². The standard InChI is InChI=1S/C75H134O6/c1-4-7-10-13-16-19-22-25-27-29-31-33-34-35-36-37-38-39-40-42-43-45-47-50-53-56-59-62-65-68-74(77)80-71-72(70-79-73(76)67-64-61-58-55-52-49-24-21-18-15-12-9-6-3)81-75(78)69-66-63-60-57-54-51-48-46-44-41-32-30-28-26-23-20-17-14-11-8-5-2/h7,10,16,19,21,24-25,27,30-33,72H,4-6,8-9,11-15,17-18,20,22-23,26,28-29,34-71H2,1-3H3/b10-7-,19-16-,24-21-,27-25-,32-30-,33-31-. The van der Waals surface area contributed by atoms with Gasteiger partial charge in [0.2, 0.25) is 0 Å². The Hall–Kier alpha value is -3.15. The number of carbonyl (C=O) groups excluding carboxylic acids is 3. The second-order valence-electron chi connectivity index (χ2n) is 23.8. The molecule has 0 spiro atoms. The van der Waals surface area contributed by atoms with Crippen molar-refractivity contribution in [2.24, 2.45) is 0 Å². The summed E-state index contributed by atoms with van der Waals surface area (Å²) < 4.78 is 17.0. The summed E-state index contributed by atoms with van der Waals surface area (Å²) in [6.45, 7) is 6.56. The number of carbonyl (C=O) groups is 3. The van der Waals surface area contributed by atoms with Crippen molar-refractivity contribution in [1.82, 2.24) is 0 Å². The van der Waals surface area contributed by atoms with Crippen LogP contribution >= 0.6 is 0 Å². The molecule has 81 heavy (non-hydrogen) atoms. The fourth-order valence-electron chi connectivity index (χ4n) is 10.4. The van der Waals surface area contributed by atoms with Crippen molar-refractivity contribution < 1.29 is 28.6 Å². The van der Waals surface area contributed by atoms with E-state index in [0.717, 1.165) is 89.9 Å². The van der Waals surface area contributed by atoms with Crippen LogP contribution in [0.2, 0.25) is 0 Å². The SMILES string of the molecule is CC/C=C\C/C=C\C/C=C\C/C=C\CCCCCCCCCCCCCCCCCCC(=O)OCC(COC(=O)CCCCCCC/C=C\CCCCCC)OC(=O)CCCCCCCCCCC/C=C\CCCCCCCCCC. The molecule has 1 unspecified atom stereocenters. The monoisotopic (exact) mass is 1130 g/mol. The average Bonchev–Trinajstić information content (AvgIpc) is 3.46. The number of ether oxygens (including phenoxy) is 3. The van der Waals surface area contributed by atoms with E-state index in [-0.39, 0.29) is 31.1 Å². The highest BCUT2D eigenvalue weighted by Crippen LogP contribution is 2.18. The predicted octanol–water partition coefficient (Wildman–Crippen LogP) is 24.4. The van der Waals surface area contributed by atoms with Crippen LogP contribution in [0.1, 0.15) is 367 Å². The molecule has 0 amide bonds. The molecule has 0 aromatic rings. The fraction of sp³-hybridized carbons (Fsp3) is 0.800. The third-order valence-corrected chi connectivity index (χ3v) is 15.7. The zero-order valence-corrected chi connectivity index (χ0v) is 54.1. The van der Waals surface area contributed by atoms with E-state index >= 15 is 0 Å². The summed E-state index contributed by atoms with van der Waals surface area (Å²) in [5.41, 5.74) is 0. The van der Waals surface area contributed by atoms with Gasteiger partial charge >= 0.3 is 17.9 Å². The molecule has 1 atom stereocenters. The number of allylic oxidation sites excluding steroid dienone is 12. The van der Waals surface area contributed by atoms with E-state index in [1.807, 2.05) is 0 Å². The van der Waals surface area contributed by atoms with Crippen LogP contribution in [0.25, 0.3) is 0 Å². The minimum absolute atomic E-state index is 0.0750. The molecule has 0 saturated carbocycles. The molecule has 0 rings (SSSR count). The van der Waals surface area contributed by atoms with Crippen molar-refractivity contribution in [1.29, 1.82) is 0 Å². The zero-order valence-electron chi connectivity index (χ0n) is 54.1. The minimum atomic E-state index is -0.779. The predicted molar refractivity (Wildman–Crippen MR) is 353 cm³/mol. The summed E-state index contributed by atoms with van der Waals surface area (Å²) in [4.78, 5) is 38.4. The van der Waals surface area contributed by atoms with Gasteiger partial charge in [-0.2, -0.15) is 0 Å². The molecule has 0 heterocycles. The summed E-state index contributed by atoms with van der Waals surface area (Å²) >= 11 is 0. The average molecular weight is 1130 g/mol. The highest BCUT2D eigenvalue weighted by atomic mass is 16.6. The summed E-state index contributed by atoms with van der Waals surface area (Å²) in [5, 5.41) is 0. The van der Waals surface area contributed by atoms with Crippen molar-refractivity contribution in [3.05, 3.63) is 72.9 Å². The molecule has 0 N–H and O–H groups in total. The first-order valence-corrected chi connectivity index (χ1v) is 35.4. The van der Waals surface area contributed by atoms with Crippen LogP contribution < -0.4 is 0 Å². The van der Waals surface area contributed by atoms with Crippen LogP contribution in [0.15, 0.2) is 72.9 Å². The summed E-state index contributed by atoms with van der Waals surface area (Å²) in [6.07, 6.45) is 90.7. The largest absolute Gasteiger partial charge is 0.462 e. The van der Waals surface area contributed by atoms with E-state index in [2.05, 4.69) is 93.7 Å². The number of hydrogen-bond acceptors (Lipinski definition) is 6. The van der Waals surface area contributed by atoms with Gasteiger partial charge in [0.05, 0.1) is 0 Å². The van der Waals surface area contributed by atoms with E-state index in [4.69, 9.17) is 14.2 Å². The molecular formula is C75H134O6. The first-order chi connectivity index (χ1) is 40.0. The molecule has 0 aromatic carbocycles. The lowest BCUT2D eigenvalue weighted by atomic mass is 10.0. The van der Waals surface area contributed by atoms with E-state index in [1.165, 1.54) is 238 Å². The van der Waals surface area contributed by atoms with Crippen molar-refractivity contribution >= 4 is 17.9 Å². The number of esters is 3. The van der Waals surface area contributed by atoms with Crippen molar-refractivity contribution in [3.8, 4) is 0 Å².